The summed E-state index contributed by atoms with van der Waals surface area (Å²) in [6, 6.07) is 29.2. The molecule has 0 spiro atoms. The van der Waals surface area contributed by atoms with Gasteiger partial charge in [-0.25, -0.2) is 0 Å². The van der Waals surface area contributed by atoms with Crippen molar-refractivity contribution in [2.24, 2.45) is 0 Å². The highest BCUT2D eigenvalue weighted by molar-refractivity contribution is 6.74. The molecular weight excluding hydrogens is 989 g/mol. The highest BCUT2D eigenvalue weighted by Gasteiger charge is 2.44. The zero-order valence-electron chi connectivity index (χ0n) is 49.1. The van der Waals surface area contributed by atoms with E-state index in [-0.39, 0.29) is 43.0 Å². The number of unbranched alkanes of at least 4 members (excludes halogenated alkanes) is 12. The van der Waals surface area contributed by atoms with Crippen LogP contribution in [0.5, 0.6) is 34.5 Å². The van der Waals surface area contributed by atoms with Crippen LogP contribution in [0.1, 0.15) is 171 Å². The fraction of sp³-hybridized carbons (Fsp3) is 0.625. The molecule has 4 aromatic rings. The number of fused-ring (bicyclic) bond motifs is 2. The Morgan fingerprint density at radius 1 is 0.481 bits per heavy atom. The summed E-state index contributed by atoms with van der Waals surface area (Å²) in [6.45, 7) is 19.6. The van der Waals surface area contributed by atoms with E-state index in [1.54, 1.807) is 28.4 Å². The minimum Gasteiger partial charge on any atom is -0.492 e. The molecule has 77 heavy (non-hydrogen) atoms. The van der Waals surface area contributed by atoms with E-state index in [1.165, 1.54) is 99.3 Å². The van der Waals surface area contributed by atoms with Gasteiger partial charge in [-0.15, -0.1) is 0 Å². The van der Waals surface area contributed by atoms with E-state index in [9.17, 15) is 0 Å². The molecule has 2 aliphatic heterocycles. The summed E-state index contributed by atoms with van der Waals surface area (Å²) < 4.78 is 61.9. The zero-order chi connectivity index (χ0) is 55.6. The highest BCUT2D eigenvalue weighted by Crippen LogP contribution is 2.52. The Balaban J connectivity index is 0.000000289. The van der Waals surface area contributed by atoms with Gasteiger partial charge < -0.3 is 56.9 Å². The van der Waals surface area contributed by atoms with Crippen molar-refractivity contribution in [2.75, 3.05) is 82.0 Å². The van der Waals surface area contributed by atoms with Gasteiger partial charge in [0.1, 0.15) is 34.5 Å². The average molecular weight is 1090 g/mol. The molecule has 0 saturated carbocycles. The molecule has 2 aliphatic rings. The molecule has 0 saturated heterocycles. The number of aliphatic hydroxyl groups is 1. The lowest BCUT2D eigenvalue weighted by molar-refractivity contribution is 0.0504. The normalized spacial score (nSPS) is 19.0. The van der Waals surface area contributed by atoms with Crippen molar-refractivity contribution in [3.63, 3.8) is 0 Å². The molecule has 13 heteroatoms. The van der Waals surface area contributed by atoms with Crippen molar-refractivity contribution in [3.8, 4) is 34.5 Å². The third kappa shape index (κ3) is 19.2. The van der Waals surface area contributed by atoms with E-state index in [2.05, 4.69) is 84.1 Å². The average Bonchev–Trinajstić information content (AvgIpc) is 3.44. The molecule has 0 amide bonds. The fourth-order valence-corrected chi connectivity index (χ4v) is 11.6. The number of benzene rings is 4. The van der Waals surface area contributed by atoms with Gasteiger partial charge in [-0.3, -0.25) is 0 Å². The summed E-state index contributed by atoms with van der Waals surface area (Å²) in [6.07, 6.45) is 19.1. The van der Waals surface area contributed by atoms with Crippen LogP contribution in [0.3, 0.4) is 0 Å². The van der Waals surface area contributed by atoms with Crippen LogP contribution in [-0.2, 0) is 34.2 Å². The quantitative estimate of drug-likeness (QED) is 0.0272. The molecule has 4 unspecified atom stereocenters. The molecule has 4 aromatic carbocycles. The number of aliphatic hydroxyl groups excluding tert-OH is 1. The van der Waals surface area contributed by atoms with Gasteiger partial charge in [0.2, 0.25) is 0 Å². The van der Waals surface area contributed by atoms with Gasteiger partial charge >= 0.3 is 0 Å². The second-order valence-electron chi connectivity index (χ2n) is 23.0. The molecule has 2 heterocycles. The first-order valence-electron chi connectivity index (χ1n) is 28.6. The van der Waals surface area contributed by atoms with Crippen molar-refractivity contribution >= 4 is 8.32 Å². The predicted molar refractivity (Wildman–Crippen MR) is 311 cm³/mol. The number of ether oxygens (including phenoxy) is 10. The standard InChI is InChI=1S/C35H56O6Si.C29H42O6/c1-34(2,3)42(7,8)41-23-15-13-11-9-10-12-14-16-32-31-22-21-30(40-27-37-6)24-33(31)38-25-35(32,4)28-17-19-29(20-18-28)39-26-36-5;1-29(23-12-14-24(15-13-23)34-21-31-2)20-33-28-19-25(35-22-32-3)16-17-26(28)27(29)11-9-7-5-4-6-8-10-18-30/h17-22,24,32H,9-16,23,25-27H2,1-8H3;12-17,19,27,30H,4-11,18,20-22H2,1-3H3. The molecule has 430 valence electrons. The molecule has 0 fully saturated rings. The summed E-state index contributed by atoms with van der Waals surface area (Å²) in [7, 11) is 4.89. The number of methoxy groups -OCH3 is 4. The van der Waals surface area contributed by atoms with Crippen LogP contribution < -0.4 is 28.4 Å². The number of rotatable bonds is 34. The van der Waals surface area contributed by atoms with E-state index in [0.29, 0.717) is 31.7 Å². The molecule has 6 rings (SSSR count). The van der Waals surface area contributed by atoms with Crippen molar-refractivity contribution < 1.29 is 56.9 Å². The van der Waals surface area contributed by atoms with Crippen molar-refractivity contribution in [1.82, 2.24) is 0 Å². The van der Waals surface area contributed by atoms with E-state index in [1.807, 2.05) is 48.5 Å². The second-order valence-corrected chi connectivity index (χ2v) is 27.8. The smallest absolute Gasteiger partial charge is 0.191 e. The predicted octanol–water partition coefficient (Wildman–Crippen LogP) is 15.4. The third-order valence-corrected chi connectivity index (χ3v) is 20.8. The minimum absolute atomic E-state index is 0.147. The van der Waals surface area contributed by atoms with E-state index < -0.39 is 8.32 Å². The van der Waals surface area contributed by atoms with Crippen LogP contribution in [0.2, 0.25) is 18.1 Å². The second kappa shape index (κ2) is 32.7. The van der Waals surface area contributed by atoms with Gasteiger partial charge in [-0.2, -0.15) is 0 Å². The largest absolute Gasteiger partial charge is 0.492 e. The monoisotopic (exact) mass is 1090 g/mol. The van der Waals surface area contributed by atoms with Crippen LogP contribution in [0.25, 0.3) is 0 Å². The first kappa shape index (κ1) is 63.5. The number of hydrogen-bond acceptors (Lipinski definition) is 12. The summed E-state index contributed by atoms with van der Waals surface area (Å²) in [5.74, 6) is 5.65. The Kier molecular flexibility index (Phi) is 26.9. The first-order valence-corrected chi connectivity index (χ1v) is 31.5. The van der Waals surface area contributed by atoms with E-state index in [4.69, 9.17) is 56.9 Å². The van der Waals surface area contributed by atoms with Crippen LogP contribution in [0, 0.1) is 0 Å². The first-order chi connectivity index (χ1) is 37.1. The Labute approximate surface area is 465 Å². The molecular formula is C64H98O12Si. The lowest BCUT2D eigenvalue weighted by Crippen LogP contribution is -2.40. The van der Waals surface area contributed by atoms with Gasteiger partial charge in [-0.1, -0.05) is 148 Å². The van der Waals surface area contributed by atoms with Crippen LogP contribution in [0.4, 0.5) is 0 Å². The maximum atomic E-state index is 8.95. The van der Waals surface area contributed by atoms with Crippen molar-refractivity contribution in [1.29, 1.82) is 0 Å². The van der Waals surface area contributed by atoms with Gasteiger partial charge in [0.05, 0.1) is 13.2 Å². The zero-order valence-corrected chi connectivity index (χ0v) is 50.1. The van der Waals surface area contributed by atoms with Crippen molar-refractivity contribution in [3.05, 3.63) is 107 Å². The van der Waals surface area contributed by atoms with Gasteiger partial charge in [-0.05, 0) is 102 Å². The fourth-order valence-electron chi connectivity index (χ4n) is 10.5. The SMILES string of the molecule is COCOc1ccc(C2(C)COc3cc(OCOC)ccc3C2CCCCCCCCCO)cc1.COCOc1ccc(C2(C)COc3cc(OCOC)ccc3C2CCCCCCCCCO[Si](C)(C)C(C)(C)C)cc1. The van der Waals surface area contributed by atoms with E-state index >= 15 is 0 Å². The van der Waals surface area contributed by atoms with Crippen LogP contribution in [-0.4, -0.2) is 95.5 Å². The molecule has 0 aliphatic carbocycles. The topological polar surface area (TPSA) is 122 Å². The van der Waals surface area contributed by atoms with Crippen molar-refractivity contribution in [2.45, 2.75) is 178 Å². The molecule has 12 nitrogen and oxygen atoms in total. The van der Waals surface area contributed by atoms with E-state index in [0.717, 1.165) is 66.8 Å². The Hall–Kier alpha value is -4.34. The molecule has 0 aromatic heterocycles. The molecule has 0 radical (unpaired) electrons. The third-order valence-electron chi connectivity index (χ3n) is 16.3. The number of hydrogen-bond donors (Lipinski definition) is 1. The molecule has 0 bridgehead atoms. The summed E-state index contributed by atoms with van der Waals surface area (Å²) in [4.78, 5) is 0. The Morgan fingerprint density at radius 2 is 0.818 bits per heavy atom. The maximum absolute atomic E-state index is 8.95. The Morgan fingerprint density at radius 3 is 1.18 bits per heavy atom. The molecule has 1 N–H and O–H groups in total. The van der Waals surface area contributed by atoms with Gasteiger partial charge in [0.15, 0.2) is 35.5 Å². The van der Waals surface area contributed by atoms with Crippen LogP contribution in [0.15, 0.2) is 84.9 Å². The highest BCUT2D eigenvalue weighted by atomic mass is 28.4. The molecule has 4 atom stereocenters. The summed E-state index contributed by atoms with van der Waals surface area (Å²) in [5.41, 5.74) is 4.72. The lowest BCUT2D eigenvalue weighted by atomic mass is 9.66. The lowest BCUT2D eigenvalue weighted by Gasteiger charge is -2.43. The maximum Gasteiger partial charge on any atom is 0.191 e. The minimum atomic E-state index is -1.62. The Bertz CT molecular complexity index is 2250. The van der Waals surface area contributed by atoms with Gasteiger partial charge in [0.25, 0.3) is 0 Å². The van der Waals surface area contributed by atoms with Crippen LogP contribution >= 0.6 is 0 Å². The summed E-state index contributed by atoms with van der Waals surface area (Å²) in [5, 5.41) is 9.24. The summed E-state index contributed by atoms with van der Waals surface area (Å²) >= 11 is 0. The van der Waals surface area contributed by atoms with Gasteiger partial charge in [0, 0.05) is 76.5 Å².